The van der Waals surface area contributed by atoms with E-state index in [-0.39, 0.29) is 10.7 Å². The number of nitro benzene ring substituents is 1. The third-order valence-corrected chi connectivity index (χ3v) is 3.74. The SMILES string of the molecule is O=[N+]([O-])c1ccc(-c2ccc(C=C3C=NC(=S)NC3)o2)c(Cl)c1. The number of furan rings is 1. The smallest absolute Gasteiger partial charge is 0.270 e. The number of halogens is 1. The van der Waals surface area contributed by atoms with E-state index in [2.05, 4.69) is 10.3 Å². The fraction of sp³-hybridized carbons (Fsp3) is 0.0667. The van der Waals surface area contributed by atoms with Crippen LogP contribution in [0.1, 0.15) is 5.76 Å². The zero-order chi connectivity index (χ0) is 16.4. The van der Waals surface area contributed by atoms with E-state index in [0.29, 0.717) is 28.7 Å². The maximum absolute atomic E-state index is 10.7. The molecule has 0 aliphatic carbocycles. The second-order valence-electron chi connectivity index (χ2n) is 4.76. The molecular formula is C15H10ClN3O3S. The van der Waals surface area contributed by atoms with Crippen LogP contribution in [0, 0.1) is 10.1 Å². The molecule has 116 valence electrons. The molecule has 1 aliphatic heterocycles. The van der Waals surface area contributed by atoms with Gasteiger partial charge in [-0.2, -0.15) is 0 Å². The Labute approximate surface area is 141 Å². The fourth-order valence-electron chi connectivity index (χ4n) is 2.07. The van der Waals surface area contributed by atoms with Crippen molar-refractivity contribution in [2.24, 2.45) is 4.99 Å². The normalized spacial score (nSPS) is 15.7. The first-order valence-corrected chi connectivity index (χ1v) is 7.38. The summed E-state index contributed by atoms with van der Waals surface area (Å²) >= 11 is 11.0. The molecule has 1 aromatic carbocycles. The molecule has 1 aliphatic rings. The Balaban J connectivity index is 1.88. The van der Waals surface area contributed by atoms with E-state index < -0.39 is 4.92 Å². The molecule has 2 heterocycles. The van der Waals surface area contributed by atoms with Gasteiger partial charge in [-0.1, -0.05) is 11.6 Å². The lowest BCUT2D eigenvalue weighted by atomic mass is 10.1. The topological polar surface area (TPSA) is 80.7 Å². The first-order valence-electron chi connectivity index (χ1n) is 6.59. The highest BCUT2D eigenvalue weighted by Gasteiger charge is 2.13. The largest absolute Gasteiger partial charge is 0.457 e. The van der Waals surface area contributed by atoms with Crippen LogP contribution in [0.15, 0.2) is 45.3 Å². The molecular weight excluding hydrogens is 338 g/mol. The number of rotatable bonds is 3. The minimum Gasteiger partial charge on any atom is -0.457 e. The van der Waals surface area contributed by atoms with Crippen LogP contribution >= 0.6 is 23.8 Å². The number of thiocarbonyl (C=S) groups is 1. The van der Waals surface area contributed by atoms with Gasteiger partial charge >= 0.3 is 0 Å². The summed E-state index contributed by atoms with van der Waals surface area (Å²) in [6.45, 7) is 0.580. The van der Waals surface area contributed by atoms with Crippen LogP contribution < -0.4 is 5.32 Å². The van der Waals surface area contributed by atoms with Crippen molar-refractivity contribution in [1.82, 2.24) is 5.32 Å². The van der Waals surface area contributed by atoms with Gasteiger partial charge in [-0.3, -0.25) is 10.1 Å². The highest BCUT2D eigenvalue weighted by molar-refractivity contribution is 7.80. The molecule has 8 heteroatoms. The van der Waals surface area contributed by atoms with Crippen molar-refractivity contribution in [3.05, 3.63) is 56.8 Å². The molecule has 1 aromatic heterocycles. The Morgan fingerprint density at radius 2 is 2.22 bits per heavy atom. The number of benzene rings is 1. The average molecular weight is 348 g/mol. The Morgan fingerprint density at radius 1 is 1.39 bits per heavy atom. The molecule has 6 nitrogen and oxygen atoms in total. The number of hydrogen-bond acceptors (Lipinski definition) is 4. The molecule has 0 radical (unpaired) electrons. The predicted molar refractivity (Wildman–Crippen MR) is 92.9 cm³/mol. The molecule has 0 fully saturated rings. The third kappa shape index (κ3) is 3.46. The van der Waals surface area contributed by atoms with Gasteiger partial charge < -0.3 is 9.73 Å². The van der Waals surface area contributed by atoms with Crippen molar-refractivity contribution in [2.75, 3.05) is 6.54 Å². The Kier molecular flexibility index (Phi) is 4.22. The number of hydrogen-bond donors (Lipinski definition) is 1. The molecule has 2 aromatic rings. The van der Waals surface area contributed by atoms with Gasteiger partial charge in [0.15, 0.2) is 5.11 Å². The van der Waals surface area contributed by atoms with Crippen LogP contribution in [-0.4, -0.2) is 22.8 Å². The van der Waals surface area contributed by atoms with Gasteiger partial charge in [0.05, 0.1) is 9.95 Å². The second-order valence-corrected chi connectivity index (χ2v) is 5.55. The van der Waals surface area contributed by atoms with E-state index in [1.807, 2.05) is 6.08 Å². The Bertz CT molecular complexity index is 857. The van der Waals surface area contributed by atoms with Crippen molar-refractivity contribution >= 4 is 46.9 Å². The summed E-state index contributed by atoms with van der Waals surface area (Å²) in [4.78, 5) is 14.3. The molecule has 0 bridgehead atoms. The highest BCUT2D eigenvalue weighted by Crippen LogP contribution is 2.32. The summed E-state index contributed by atoms with van der Waals surface area (Å²) in [6.07, 6.45) is 3.51. The summed E-state index contributed by atoms with van der Waals surface area (Å²) in [7, 11) is 0. The molecule has 0 atom stereocenters. The summed E-state index contributed by atoms with van der Waals surface area (Å²) in [5, 5.41) is 14.4. The van der Waals surface area contributed by atoms with Crippen LogP contribution in [0.5, 0.6) is 0 Å². The van der Waals surface area contributed by atoms with Crippen LogP contribution in [-0.2, 0) is 0 Å². The van der Waals surface area contributed by atoms with Crippen LogP contribution in [0.4, 0.5) is 5.69 Å². The first-order chi connectivity index (χ1) is 11.0. The first kappa shape index (κ1) is 15.4. The highest BCUT2D eigenvalue weighted by atomic mass is 35.5. The molecule has 0 saturated heterocycles. The quantitative estimate of drug-likeness (QED) is 0.518. The van der Waals surface area contributed by atoms with E-state index in [9.17, 15) is 10.1 Å². The molecule has 0 unspecified atom stereocenters. The van der Waals surface area contributed by atoms with Gasteiger partial charge in [0.1, 0.15) is 11.5 Å². The van der Waals surface area contributed by atoms with Gasteiger partial charge in [-0.15, -0.1) is 0 Å². The summed E-state index contributed by atoms with van der Waals surface area (Å²) in [5.41, 5.74) is 1.46. The summed E-state index contributed by atoms with van der Waals surface area (Å²) in [6, 6.07) is 7.81. The van der Waals surface area contributed by atoms with Gasteiger partial charge in [-0.05, 0) is 42.1 Å². The summed E-state index contributed by atoms with van der Waals surface area (Å²) < 4.78 is 5.73. The lowest BCUT2D eigenvalue weighted by Gasteiger charge is -2.09. The van der Waals surface area contributed by atoms with Crippen LogP contribution in [0.2, 0.25) is 5.02 Å². The number of nitro groups is 1. The van der Waals surface area contributed by atoms with Crippen molar-refractivity contribution < 1.29 is 9.34 Å². The predicted octanol–water partition coefficient (Wildman–Crippen LogP) is 3.85. The Morgan fingerprint density at radius 3 is 2.87 bits per heavy atom. The number of aliphatic imine (C=N–C) groups is 1. The van der Waals surface area contributed by atoms with Crippen molar-refractivity contribution in [1.29, 1.82) is 0 Å². The van der Waals surface area contributed by atoms with E-state index >= 15 is 0 Å². The van der Waals surface area contributed by atoms with E-state index in [0.717, 1.165) is 5.57 Å². The molecule has 0 spiro atoms. The van der Waals surface area contributed by atoms with E-state index in [4.69, 9.17) is 28.2 Å². The molecule has 0 amide bonds. The lowest BCUT2D eigenvalue weighted by molar-refractivity contribution is -0.384. The standard InChI is InChI=1S/C15H10ClN3O3S/c16-13-6-10(19(20)21)1-3-12(13)14-4-2-11(22-14)5-9-7-17-15(23)18-8-9/h1-7H,8H2,(H,18,23). The van der Waals surface area contributed by atoms with Gasteiger partial charge in [0.2, 0.25) is 0 Å². The zero-order valence-corrected chi connectivity index (χ0v) is 13.2. The van der Waals surface area contributed by atoms with E-state index in [1.54, 1.807) is 24.4 Å². The fourth-order valence-corrected chi connectivity index (χ4v) is 2.47. The number of non-ortho nitro benzene ring substituents is 1. The molecule has 0 saturated carbocycles. The van der Waals surface area contributed by atoms with Gasteiger partial charge in [-0.25, -0.2) is 4.99 Å². The second kappa shape index (κ2) is 6.31. The van der Waals surface area contributed by atoms with Crippen molar-refractivity contribution in [2.45, 2.75) is 0 Å². The van der Waals surface area contributed by atoms with Crippen molar-refractivity contribution in [3.63, 3.8) is 0 Å². The van der Waals surface area contributed by atoms with Gasteiger partial charge in [0.25, 0.3) is 5.69 Å². The van der Waals surface area contributed by atoms with Crippen molar-refractivity contribution in [3.8, 4) is 11.3 Å². The molecule has 23 heavy (non-hydrogen) atoms. The maximum atomic E-state index is 10.7. The van der Waals surface area contributed by atoms with Gasteiger partial charge in [0, 0.05) is 30.5 Å². The minimum absolute atomic E-state index is 0.0619. The lowest BCUT2D eigenvalue weighted by Crippen LogP contribution is -2.26. The average Bonchev–Trinajstić information content (AvgIpc) is 2.97. The van der Waals surface area contributed by atoms with Crippen LogP contribution in [0.25, 0.3) is 17.4 Å². The number of nitrogens with zero attached hydrogens (tertiary/aromatic N) is 2. The monoisotopic (exact) mass is 347 g/mol. The summed E-state index contributed by atoms with van der Waals surface area (Å²) in [5.74, 6) is 1.17. The molecule has 3 rings (SSSR count). The maximum Gasteiger partial charge on any atom is 0.270 e. The Hall–Kier alpha value is -2.51. The van der Waals surface area contributed by atoms with E-state index in [1.165, 1.54) is 12.1 Å². The number of nitrogens with one attached hydrogen (secondary N) is 1. The zero-order valence-electron chi connectivity index (χ0n) is 11.7. The third-order valence-electron chi connectivity index (χ3n) is 3.17. The molecule has 1 N–H and O–H groups in total. The minimum atomic E-state index is -0.493. The van der Waals surface area contributed by atoms with Crippen LogP contribution in [0.3, 0.4) is 0 Å².